The lowest BCUT2D eigenvalue weighted by Crippen LogP contribution is -1.98. The molecule has 4 heteroatoms. The lowest BCUT2D eigenvalue weighted by atomic mass is 9.86. The van der Waals surface area contributed by atoms with Gasteiger partial charge in [0.1, 0.15) is 5.75 Å². The smallest absolute Gasteiger partial charge is 0.328 e. The number of rotatable bonds is 7. The van der Waals surface area contributed by atoms with Crippen molar-refractivity contribution in [3.05, 3.63) is 118 Å². The molecule has 0 bridgehead atoms. The highest BCUT2D eigenvalue weighted by Crippen LogP contribution is 2.43. The molecule has 0 atom stereocenters. The van der Waals surface area contributed by atoms with Crippen LogP contribution in [0.5, 0.6) is 5.75 Å². The van der Waals surface area contributed by atoms with Gasteiger partial charge in [0.25, 0.3) is 0 Å². The van der Waals surface area contributed by atoms with Crippen molar-refractivity contribution in [3.8, 4) is 5.75 Å². The summed E-state index contributed by atoms with van der Waals surface area (Å²) >= 11 is 0. The topological polar surface area (TPSA) is 50.9 Å². The molecule has 1 aliphatic rings. The average molecular weight is 448 g/mol. The van der Waals surface area contributed by atoms with Crippen molar-refractivity contribution in [2.24, 2.45) is 0 Å². The van der Waals surface area contributed by atoms with Gasteiger partial charge in [-0.1, -0.05) is 67.6 Å². The number of aliphatic carboxylic acids is 1. The van der Waals surface area contributed by atoms with Crippen LogP contribution in [0, 0.1) is 6.57 Å². The largest absolute Gasteiger partial charge is 0.498 e. The zero-order valence-electron chi connectivity index (χ0n) is 19.2. The summed E-state index contributed by atoms with van der Waals surface area (Å²) < 4.78 is 5.35. The van der Waals surface area contributed by atoms with Crippen molar-refractivity contribution < 1.29 is 14.6 Å². The Kier molecular flexibility index (Phi) is 6.75. The third-order valence-corrected chi connectivity index (χ3v) is 6.01. The normalized spacial score (nSPS) is 13.1. The van der Waals surface area contributed by atoms with Crippen LogP contribution in [0.3, 0.4) is 0 Å². The highest BCUT2D eigenvalue weighted by molar-refractivity contribution is 6.04. The number of hydrogen-bond donors (Lipinski definition) is 1. The van der Waals surface area contributed by atoms with Gasteiger partial charge in [0, 0.05) is 6.08 Å². The van der Waals surface area contributed by atoms with Crippen molar-refractivity contribution in [3.63, 3.8) is 0 Å². The van der Waals surface area contributed by atoms with Gasteiger partial charge in [-0.25, -0.2) is 9.64 Å². The predicted molar refractivity (Wildman–Crippen MR) is 138 cm³/mol. The molecule has 3 aromatic carbocycles. The molecule has 0 heterocycles. The molecule has 168 valence electrons. The summed E-state index contributed by atoms with van der Waals surface area (Å²) in [4.78, 5) is 14.7. The second kappa shape index (κ2) is 10.1. The highest BCUT2D eigenvalue weighted by atomic mass is 16.5. The van der Waals surface area contributed by atoms with Crippen LogP contribution in [0.4, 0.5) is 5.69 Å². The van der Waals surface area contributed by atoms with E-state index >= 15 is 0 Å². The molecule has 0 aromatic heterocycles. The quantitative estimate of drug-likeness (QED) is 0.235. The van der Waals surface area contributed by atoms with Crippen LogP contribution in [0.2, 0.25) is 0 Å². The minimum atomic E-state index is -0.974. The molecular formula is C30H25NO3. The summed E-state index contributed by atoms with van der Waals surface area (Å²) in [6, 6.07) is 21.9. The Morgan fingerprint density at radius 3 is 2.53 bits per heavy atom. The monoisotopic (exact) mass is 447 g/mol. The third kappa shape index (κ3) is 4.69. The average Bonchev–Trinajstić information content (AvgIpc) is 3.29. The zero-order chi connectivity index (χ0) is 24.1. The number of ether oxygens (including phenoxy) is 1. The van der Waals surface area contributed by atoms with E-state index in [0.29, 0.717) is 11.4 Å². The summed E-state index contributed by atoms with van der Waals surface area (Å²) in [5.41, 5.74) is 9.24. The van der Waals surface area contributed by atoms with Gasteiger partial charge >= 0.3 is 5.97 Å². The predicted octanol–water partition coefficient (Wildman–Crippen LogP) is 7.30. The van der Waals surface area contributed by atoms with Crippen molar-refractivity contribution >= 4 is 35.0 Å². The minimum Gasteiger partial charge on any atom is -0.498 e. The number of fused-ring (bicyclic) bond motifs is 1. The van der Waals surface area contributed by atoms with E-state index in [4.69, 9.17) is 16.4 Å². The van der Waals surface area contributed by atoms with Gasteiger partial charge in [-0.2, -0.15) is 0 Å². The third-order valence-electron chi connectivity index (χ3n) is 6.01. The molecular weight excluding hydrogens is 422 g/mol. The first-order valence-electron chi connectivity index (χ1n) is 11.1. The van der Waals surface area contributed by atoms with E-state index in [9.17, 15) is 4.79 Å². The maximum absolute atomic E-state index is 10.9. The number of carbonyl (C=O) groups is 1. The molecule has 34 heavy (non-hydrogen) atoms. The van der Waals surface area contributed by atoms with Crippen LogP contribution in [0.15, 0.2) is 78.4 Å². The van der Waals surface area contributed by atoms with E-state index in [1.54, 1.807) is 19.3 Å². The molecule has 1 N–H and O–H groups in total. The van der Waals surface area contributed by atoms with Gasteiger partial charge in [-0.05, 0) is 75.6 Å². The molecule has 0 radical (unpaired) electrons. The summed E-state index contributed by atoms with van der Waals surface area (Å²) in [6.45, 7) is 9.88. The van der Waals surface area contributed by atoms with Gasteiger partial charge in [0.15, 0.2) is 5.69 Å². The van der Waals surface area contributed by atoms with Crippen LogP contribution in [-0.4, -0.2) is 18.2 Å². The summed E-state index contributed by atoms with van der Waals surface area (Å²) in [7, 11) is 1.60. The van der Waals surface area contributed by atoms with E-state index in [2.05, 4.69) is 36.0 Å². The maximum Gasteiger partial charge on any atom is 0.328 e. The first-order chi connectivity index (χ1) is 16.5. The Morgan fingerprint density at radius 1 is 1.12 bits per heavy atom. The van der Waals surface area contributed by atoms with Crippen LogP contribution in [-0.2, 0) is 11.2 Å². The molecule has 0 spiro atoms. The summed E-state index contributed by atoms with van der Waals surface area (Å²) in [6.07, 6.45) is 6.53. The fourth-order valence-corrected chi connectivity index (χ4v) is 4.41. The van der Waals surface area contributed by atoms with E-state index in [1.165, 1.54) is 16.7 Å². The number of nitrogens with zero attached hydrogens (tertiary/aromatic N) is 1. The second-order valence-electron chi connectivity index (χ2n) is 8.04. The lowest BCUT2D eigenvalue weighted by molar-refractivity contribution is -0.131. The first kappa shape index (κ1) is 22.8. The van der Waals surface area contributed by atoms with Crippen LogP contribution in [0.1, 0.15) is 41.2 Å². The molecule has 0 saturated carbocycles. The van der Waals surface area contributed by atoms with E-state index in [-0.39, 0.29) is 0 Å². The number of benzene rings is 3. The van der Waals surface area contributed by atoms with Crippen LogP contribution < -0.4 is 4.74 Å². The maximum atomic E-state index is 10.9. The highest BCUT2D eigenvalue weighted by Gasteiger charge is 2.21. The van der Waals surface area contributed by atoms with Gasteiger partial charge < -0.3 is 9.84 Å². The standard InChI is InChI=1S/C30H25NO3/c1-4-26(27-15-14-25(34-3)19-28(27)31-2)30(24-17-22-7-5-6-8-23(22)18-24)21-12-9-20(10-13-21)11-16-29(32)33/h5-17,19H,4,18H2,1,3H3,(H,32,33)/b16-11+,30-26+. The number of carboxylic acid groups (broad SMARTS) is 1. The lowest BCUT2D eigenvalue weighted by Gasteiger charge is -2.19. The number of allylic oxidation sites excluding steroid dienone is 3. The summed E-state index contributed by atoms with van der Waals surface area (Å²) in [5.74, 6) is -0.313. The minimum absolute atomic E-state index is 0.561. The molecule has 4 nitrogen and oxygen atoms in total. The molecule has 0 aliphatic heterocycles. The summed E-state index contributed by atoms with van der Waals surface area (Å²) in [5, 5.41) is 8.93. The number of carboxylic acids is 1. The molecule has 0 unspecified atom stereocenters. The van der Waals surface area contributed by atoms with E-state index < -0.39 is 5.97 Å². The Morgan fingerprint density at radius 2 is 1.88 bits per heavy atom. The molecule has 4 rings (SSSR count). The van der Waals surface area contributed by atoms with E-state index in [0.717, 1.165) is 46.8 Å². The van der Waals surface area contributed by atoms with Crippen molar-refractivity contribution in [1.29, 1.82) is 0 Å². The van der Waals surface area contributed by atoms with Crippen molar-refractivity contribution in [1.82, 2.24) is 0 Å². The van der Waals surface area contributed by atoms with Gasteiger partial charge in [-0.3, -0.25) is 0 Å². The van der Waals surface area contributed by atoms with Crippen LogP contribution >= 0.6 is 0 Å². The van der Waals surface area contributed by atoms with Crippen LogP contribution in [0.25, 0.3) is 28.1 Å². The van der Waals surface area contributed by atoms with E-state index in [1.807, 2.05) is 42.5 Å². The first-order valence-corrected chi connectivity index (χ1v) is 11.1. The Hall–Kier alpha value is -4.36. The fourth-order valence-electron chi connectivity index (χ4n) is 4.41. The van der Waals surface area contributed by atoms with Gasteiger partial charge in [0.05, 0.1) is 13.7 Å². The second-order valence-corrected chi connectivity index (χ2v) is 8.04. The molecule has 0 amide bonds. The molecule has 0 fully saturated rings. The number of methoxy groups -OCH3 is 1. The molecule has 0 saturated heterocycles. The Balaban J connectivity index is 1.90. The van der Waals surface area contributed by atoms with Crippen molar-refractivity contribution in [2.75, 3.05) is 7.11 Å². The zero-order valence-corrected chi connectivity index (χ0v) is 19.2. The Bertz CT molecular complexity index is 1370. The molecule has 1 aliphatic carbocycles. The van der Waals surface area contributed by atoms with Crippen molar-refractivity contribution in [2.45, 2.75) is 19.8 Å². The fraction of sp³-hybridized carbons (Fsp3) is 0.133. The molecule has 3 aromatic rings. The van der Waals surface area contributed by atoms with Gasteiger partial charge in [-0.15, -0.1) is 0 Å². The van der Waals surface area contributed by atoms with Gasteiger partial charge in [0.2, 0.25) is 0 Å². The SMILES string of the molecule is [C-]#[N+]c1cc(OC)ccc1/C(CC)=C(/C1=Cc2ccccc2C1)c1ccc(/C=C/C(=O)O)cc1. The number of hydrogen-bond acceptors (Lipinski definition) is 2. The Labute approximate surface area is 200 Å².